The number of nitrogens with zero attached hydrogens (tertiary/aromatic N) is 1. The van der Waals surface area contributed by atoms with Gasteiger partial charge in [-0.3, -0.25) is 9.69 Å². The van der Waals surface area contributed by atoms with Crippen LogP contribution in [0.2, 0.25) is 0 Å². The lowest BCUT2D eigenvalue weighted by Gasteiger charge is -2.27. The molecule has 0 saturated heterocycles. The molecule has 0 bridgehead atoms. The van der Waals surface area contributed by atoms with Gasteiger partial charge in [0.25, 0.3) is 5.91 Å². The van der Waals surface area contributed by atoms with E-state index in [0.717, 1.165) is 5.56 Å². The topological polar surface area (TPSA) is 83.9 Å². The van der Waals surface area contributed by atoms with E-state index in [4.69, 9.17) is 4.74 Å². The fourth-order valence-electron chi connectivity index (χ4n) is 3.77. The van der Waals surface area contributed by atoms with Crippen LogP contribution >= 0.6 is 0 Å². The monoisotopic (exact) mass is 449 g/mol. The summed E-state index contributed by atoms with van der Waals surface area (Å²) in [5.41, 5.74) is 2.03. The number of aliphatic hydroxyl groups is 1. The first-order chi connectivity index (χ1) is 15.3. The predicted molar refractivity (Wildman–Crippen MR) is 122 cm³/mol. The summed E-state index contributed by atoms with van der Waals surface area (Å²) in [4.78, 5) is 14.2. The Kier molecular flexibility index (Phi) is 5.76. The van der Waals surface area contributed by atoms with E-state index in [9.17, 15) is 18.3 Å². The number of sulfone groups is 1. The van der Waals surface area contributed by atoms with Crippen LogP contribution < -0.4 is 9.64 Å². The van der Waals surface area contributed by atoms with Gasteiger partial charge in [-0.15, -0.1) is 0 Å². The number of hydrogen-bond donors (Lipinski definition) is 1. The average molecular weight is 450 g/mol. The van der Waals surface area contributed by atoms with E-state index in [1.54, 1.807) is 54.6 Å². The highest BCUT2D eigenvalue weighted by Crippen LogP contribution is 2.45. The van der Waals surface area contributed by atoms with Crippen LogP contribution in [-0.4, -0.2) is 26.0 Å². The number of aryl methyl sites for hydroxylation is 1. The zero-order valence-corrected chi connectivity index (χ0v) is 18.5. The zero-order valence-electron chi connectivity index (χ0n) is 17.7. The van der Waals surface area contributed by atoms with Crippen molar-refractivity contribution < 1.29 is 23.1 Å². The zero-order chi connectivity index (χ0) is 22.9. The molecular formula is C25H23NO5S. The maximum Gasteiger partial charge on any atom is 0.295 e. The van der Waals surface area contributed by atoms with Gasteiger partial charge in [0.05, 0.1) is 11.5 Å². The van der Waals surface area contributed by atoms with Gasteiger partial charge in [0.1, 0.15) is 16.7 Å². The Morgan fingerprint density at radius 3 is 2.16 bits per heavy atom. The molecule has 32 heavy (non-hydrogen) atoms. The second-order valence-corrected chi connectivity index (χ2v) is 9.36. The molecule has 1 amide bonds. The number of carbonyl (C=O) groups excluding carboxylic acids is 1. The molecule has 0 saturated carbocycles. The van der Waals surface area contributed by atoms with E-state index >= 15 is 0 Å². The highest BCUT2D eigenvalue weighted by Gasteiger charge is 2.47. The highest BCUT2D eigenvalue weighted by molar-refractivity contribution is 7.95. The summed E-state index contributed by atoms with van der Waals surface area (Å²) in [5.74, 6) is -0.904. The molecular weight excluding hydrogens is 426 g/mol. The second-order valence-electron chi connectivity index (χ2n) is 7.44. The highest BCUT2D eigenvalue weighted by atomic mass is 32.2. The second kappa shape index (κ2) is 8.51. The van der Waals surface area contributed by atoms with E-state index in [1.165, 1.54) is 17.0 Å². The van der Waals surface area contributed by atoms with Crippen LogP contribution in [-0.2, 0) is 14.6 Å². The van der Waals surface area contributed by atoms with Gasteiger partial charge >= 0.3 is 0 Å². The number of aliphatic hydroxyl groups excluding tert-OH is 1. The van der Waals surface area contributed by atoms with Crippen molar-refractivity contribution in [2.75, 3.05) is 11.5 Å². The molecule has 0 unspecified atom stereocenters. The minimum absolute atomic E-state index is 0.0102. The molecule has 1 aliphatic rings. The number of amides is 1. The van der Waals surface area contributed by atoms with Gasteiger partial charge in [-0.05, 0) is 55.8 Å². The lowest BCUT2D eigenvalue weighted by molar-refractivity contribution is -0.117. The Bertz CT molecular complexity index is 1260. The molecule has 0 fully saturated rings. The summed E-state index contributed by atoms with van der Waals surface area (Å²) in [6, 6.07) is 20.8. The van der Waals surface area contributed by atoms with Gasteiger partial charge < -0.3 is 9.84 Å². The van der Waals surface area contributed by atoms with Crippen molar-refractivity contribution in [3.05, 3.63) is 101 Å². The molecule has 6 nitrogen and oxygen atoms in total. The number of anilines is 1. The fourth-order valence-corrected chi connectivity index (χ4v) is 5.42. The summed E-state index contributed by atoms with van der Waals surface area (Å²) in [6.45, 7) is 4.28. The quantitative estimate of drug-likeness (QED) is 0.588. The number of ether oxygens (including phenoxy) is 1. The van der Waals surface area contributed by atoms with Crippen LogP contribution in [0.4, 0.5) is 5.69 Å². The van der Waals surface area contributed by atoms with Crippen molar-refractivity contribution in [2.24, 2.45) is 0 Å². The van der Waals surface area contributed by atoms with E-state index in [0.29, 0.717) is 23.6 Å². The van der Waals surface area contributed by atoms with E-state index < -0.39 is 27.5 Å². The first-order valence-electron chi connectivity index (χ1n) is 10.2. The minimum atomic E-state index is -4.15. The van der Waals surface area contributed by atoms with Gasteiger partial charge in [0.15, 0.2) is 5.76 Å². The van der Waals surface area contributed by atoms with E-state index in [1.807, 2.05) is 26.0 Å². The van der Waals surface area contributed by atoms with E-state index in [-0.39, 0.29) is 9.80 Å². The van der Waals surface area contributed by atoms with Crippen molar-refractivity contribution in [3.8, 4) is 5.75 Å². The largest absolute Gasteiger partial charge is 0.502 e. The summed E-state index contributed by atoms with van der Waals surface area (Å²) in [6.07, 6.45) is 0. The SMILES string of the molecule is CCOc1ccc([C@@H]2C(S(=O)(=O)c3ccccc3)=C(O)C(=O)N2c2ccc(C)cc2)cc1. The Morgan fingerprint density at radius 2 is 1.56 bits per heavy atom. The summed E-state index contributed by atoms with van der Waals surface area (Å²) in [5, 5.41) is 10.8. The Morgan fingerprint density at radius 1 is 0.938 bits per heavy atom. The van der Waals surface area contributed by atoms with Gasteiger partial charge in [-0.1, -0.05) is 48.0 Å². The minimum Gasteiger partial charge on any atom is -0.502 e. The summed E-state index contributed by atoms with van der Waals surface area (Å²) >= 11 is 0. The first kappa shape index (κ1) is 21.6. The lowest BCUT2D eigenvalue weighted by atomic mass is 10.1. The Labute approximate surface area is 187 Å². The van der Waals surface area contributed by atoms with Crippen molar-refractivity contribution >= 4 is 21.4 Å². The maximum atomic E-state index is 13.6. The van der Waals surface area contributed by atoms with Crippen molar-refractivity contribution in [2.45, 2.75) is 24.8 Å². The third-order valence-corrected chi connectivity index (χ3v) is 7.21. The normalized spacial score (nSPS) is 16.5. The van der Waals surface area contributed by atoms with Crippen LogP contribution in [0.3, 0.4) is 0 Å². The number of hydrogen-bond acceptors (Lipinski definition) is 5. The standard InChI is InChI=1S/C25H23NO5S/c1-3-31-20-15-11-18(12-16-20)22-24(32(29,30)21-7-5-4-6-8-21)23(27)25(28)26(22)19-13-9-17(2)10-14-19/h4-16,22,27H,3H2,1-2H3/t22-/m1/s1. The molecule has 3 aromatic rings. The molecule has 1 heterocycles. The maximum absolute atomic E-state index is 13.6. The Balaban J connectivity index is 1.90. The molecule has 0 spiro atoms. The predicted octanol–water partition coefficient (Wildman–Crippen LogP) is 4.73. The van der Waals surface area contributed by atoms with Gasteiger partial charge in [-0.25, -0.2) is 8.42 Å². The molecule has 1 aliphatic heterocycles. The molecule has 0 radical (unpaired) electrons. The molecule has 1 N–H and O–H groups in total. The molecule has 0 aromatic heterocycles. The van der Waals surface area contributed by atoms with Crippen LogP contribution in [0.25, 0.3) is 0 Å². The van der Waals surface area contributed by atoms with Crippen molar-refractivity contribution in [3.63, 3.8) is 0 Å². The van der Waals surface area contributed by atoms with Gasteiger partial charge in [0.2, 0.25) is 9.84 Å². The molecule has 1 atom stereocenters. The third-order valence-electron chi connectivity index (χ3n) is 5.32. The molecule has 0 aliphatic carbocycles. The smallest absolute Gasteiger partial charge is 0.295 e. The van der Waals surface area contributed by atoms with Crippen LogP contribution in [0, 0.1) is 6.92 Å². The number of rotatable bonds is 6. The van der Waals surface area contributed by atoms with Crippen LogP contribution in [0.5, 0.6) is 5.75 Å². The van der Waals surface area contributed by atoms with Crippen LogP contribution in [0.15, 0.2) is 94.4 Å². The van der Waals surface area contributed by atoms with Gasteiger partial charge in [0, 0.05) is 5.69 Å². The van der Waals surface area contributed by atoms with Crippen molar-refractivity contribution in [1.82, 2.24) is 0 Å². The number of carbonyl (C=O) groups is 1. The summed E-state index contributed by atoms with van der Waals surface area (Å²) < 4.78 is 32.6. The number of benzene rings is 3. The van der Waals surface area contributed by atoms with Crippen molar-refractivity contribution in [1.29, 1.82) is 0 Å². The fraction of sp³-hybridized carbons (Fsp3) is 0.160. The average Bonchev–Trinajstić information content (AvgIpc) is 3.07. The van der Waals surface area contributed by atoms with E-state index in [2.05, 4.69) is 0 Å². The third kappa shape index (κ3) is 3.76. The van der Waals surface area contributed by atoms with Crippen LogP contribution in [0.1, 0.15) is 24.1 Å². The first-order valence-corrected chi connectivity index (χ1v) is 11.7. The molecule has 164 valence electrons. The molecule has 4 rings (SSSR count). The molecule has 7 heteroatoms. The molecule has 3 aromatic carbocycles. The summed E-state index contributed by atoms with van der Waals surface area (Å²) in [7, 11) is -4.15. The van der Waals surface area contributed by atoms with Gasteiger partial charge in [-0.2, -0.15) is 0 Å². The Hall–Kier alpha value is -3.58. The lowest BCUT2D eigenvalue weighted by Crippen LogP contribution is -2.31.